The van der Waals surface area contributed by atoms with E-state index in [1.165, 1.54) is 29.6 Å². The zero-order valence-corrected chi connectivity index (χ0v) is 6.09. The molecule has 0 aliphatic heterocycles. The van der Waals surface area contributed by atoms with Crippen LogP contribution in [-0.2, 0) is 9.59 Å². The number of aliphatic imine (C=N–C) groups is 2. The highest BCUT2D eigenvalue weighted by molar-refractivity contribution is 7.14. The highest BCUT2D eigenvalue weighted by atomic mass is 32.1. The molecule has 0 aliphatic rings. The van der Waals surface area contributed by atoms with E-state index in [1.54, 1.807) is 5.38 Å². The summed E-state index contributed by atoms with van der Waals surface area (Å²) in [7, 11) is 0. The van der Waals surface area contributed by atoms with Gasteiger partial charge in [-0.25, -0.2) is 9.59 Å². The second-order valence-electron chi connectivity index (χ2n) is 1.55. The van der Waals surface area contributed by atoms with Crippen molar-refractivity contribution in [1.29, 1.82) is 0 Å². The Bertz CT molecular complexity index is 313. The summed E-state index contributed by atoms with van der Waals surface area (Å²) in [6, 6.07) is 1.50. The van der Waals surface area contributed by atoms with Gasteiger partial charge in [0.25, 0.3) is 0 Å². The van der Waals surface area contributed by atoms with Crippen molar-refractivity contribution in [1.82, 2.24) is 0 Å². The standard InChI is InChI=1S/C6H2N2O2S/c9-3-7-5-1-6(8-4-10)11-2-5/h1-2H. The molecule has 0 aromatic carbocycles. The molecule has 0 N–H and O–H groups in total. The van der Waals surface area contributed by atoms with Crippen molar-refractivity contribution < 1.29 is 9.59 Å². The highest BCUT2D eigenvalue weighted by Crippen LogP contribution is 2.27. The van der Waals surface area contributed by atoms with Crippen molar-refractivity contribution in [2.75, 3.05) is 0 Å². The molecule has 0 unspecified atom stereocenters. The molecule has 0 spiro atoms. The van der Waals surface area contributed by atoms with Gasteiger partial charge in [-0.1, -0.05) is 0 Å². The lowest BCUT2D eigenvalue weighted by Gasteiger charge is -1.72. The van der Waals surface area contributed by atoms with Crippen molar-refractivity contribution in [2.45, 2.75) is 0 Å². The Morgan fingerprint density at radius 2 is 2.00 bits per heavy atom. The molecule has 0 saturated heterocycles. The smallest absolute Gasteiger partial charge is 0.211 e. The number of hydrogen-bond donors (Lipinski definition) is 0. The van der Waals surface area contributed by atoms with Gasteiger partial charge >= 0.3 is 0 Å². The molecule has 1 rings (SSSR count). The predicted molar refractivity (Wildman–Crippen MR) is 39.9 cm³/mol. The van der Waals surface area contributed by atoms with Crippen molar-refractivity contribution in [3.05, 3.63) is 11.4 Å². The van der Waals surface area contributed by atoms with E-state index in [4.69, 9.17) is 0 Å². The Hall–Kier alpha value is -1.54. The first-order valence-corrected chi connectivity index (χ1v) is 3.49. The summed E-state index contributed by atoms with van der Waals surface area (Å²) in [5.74, 6) is 0. The van der Waals surface area contributed by atoms with E-state index >= 15 is 0 Å². The van der Waals surface area contributed by atoms with Crippen LogP contribution in [0.2, 0.25) is 0 Å². The summed E-state index contributed by atoms with van der Waals surface area (Å²) in [5.41, 5.74) is 0.457. The van der Waals surface area contributed by atoms with Crippen LogP contribution in [0.15, 0.2) is 21.4 Å². The average Bonchev–Trinajstić information content (AvgIpc) is 2.38. The molecule has 0 bridgehead atoms. The van der Waals surface area contributed by atoms with Gasteiger partial charge in [0.1, 0.15) is 5.00 Å². The van der Waals surface area contributed by atoms with E-state index in [2.05, 4.69) is 9.98 Å². The summed E-state index contributed by atoms with van der Waals surface area (Å²) in [5, 5.41) is 2.08. The quantitative estimate of drug-likeness (QED) is 0.495. The minimum atomic E-state index is 0.457. The van der Waals surface area contributed by atoms with E-state index < -0.39 is 0 Å². The first-order valence-electron chi connectivity index (χ1n) is 2.61. The average molecular weight is 166 g/mol. The van der Waals surface area contributed by atoms with Crippen molar-refractivity contribution in [2.24, 2.45) is 9.98 Å². The van der Waals surface area contributed by atoms with Crippen LogP contribution >= 0.6 is 11.3 Å². The molecular formula is C6H2N2O2S. The summed E-state index contributed by atoms with van der Waals surface area (Å²) in [6.07, 6.45) is 2.77. The highest BCUT2D eigenvalue weighted by Gasteiger charge is 1.94. The van der Waals surface area contributed by atoms with Gasteiger partial charge in [-0.2, -0.15) is 9.98 Å². The Morgan fingerprint density at radius 1 is 1.27 bits per heavy atom. The second-order valence-corrected chi connectivity index (χ2v) is 2.44. The molecule has 0 atom stereocenters. The molecule has 4 nitrogen and oxygen atoms in total. The third-order valence-electron chi connectivity index (χ3n) is 0.902. The van der Waals surface area contributed by atoms with Gasteiger partial charge in [-0.3, -0.25) is 0 Å². The fourth-order valence-electron chi connectivity index (χ4n) is 0.530. The number of rotatable bonds is 2. The van der Waals surface area contributed by atoms with Crippen LogP contribution in [0.1, 0.15) is 0 Å². The maximum absolute atomic E-state index is 9.75. The van der Waals surface area contributed by atoms with Crippen molar-refractivity contribution in [3.63, 3.8) is 0 Å². The zero-order chi connectivity index (χ0) is 8.10. The lowest BCUT2D eigenvalue weighted by atomic mass is 10.5. The van der Waals surface area contributed by atoms with Crippen molar-refractivity contribution >= 4 is 34.2 Å². The first kappa shape index (κ1) is 7.57. The minimum absolute atomic E-state index is 0.457. The maximum atomic E-state index is 9.75. The zero-order valence-electron chi connectivity index (χ0n) is 5.27. The van der Waals surface area contributed by atoms with E-state index in [0.29, 0.717) is 10.7 Å². The molecule has 54 valence electrons. The van der Waals surface area contributed by atoms with Crippen LogP contribution in [0.4, 0.5) is 10.7 Å². The van der Waals surface area contributed by atoms with Gasteiger partial charge in [0.05, 0.1) is 5.69 Å². The van der Waals surface area contributed by atoms with Crippen LogP contribution in [0, 0.1) is 0 Å². The molecule has 5 heteroatoms. The van der Waals surface area contributed by atoms with E-state index in [1.807, 2.05) is 0 Å². The van der Waals surface area contributed by atoms with Crippen LogP contribution < -0.4 is 0 Å². The normalized spacial score (nSPS) is 8.00. The topological polar surface area (TPSA) is 58.9 Å². The lowest BCUT2D eigenvalue weighted by molar-refractivity contribution is 0.565. The summed E-state index contributed by atoms with van der Waals surface area (Å²) < 4.78 is 0. The number of nitrogens with zero attached hydrogens (tertiary/aromatic N) is 2. The lowest BCUT2D eigenvalue weighted by Crippen LogP contribution is -1.50. The molecule has 0 aliphatic carbocycles. The van der Waals surface area contributed by atoms with Crippen LogP contribution in [0.25, 0.3) is 0 Å². The first-order chi connectivity index (χ1) is 5.36. The Balaban J connectivity index is 2.98. The van der Waals surface area contributed by atoms with Gasteiger partial charge in [0, 0.05) is 11.4 Å². The number of carbonyl (C=O) groups excluding carboxylic acids is 2. The Kier molecular flexibility index (Phi) is 2.47. The Labute approximate surface area is 65.9 Å². The van der Waals surface area contributed by atoms with Crippen LogP contribution in [0.3, 0.4) is 0 Å². The van der Waals surface area contributed by atoms with Crippen LogP contribution in [-0.4, -0.2) is 12.2 Å². The SMILES string of the molecule is O=C=Nc1csc(N=C=O)c1. The van der Waals surface area contributed by atoms with Gasteiger partial charge < -0.3 is 0 Å². The number of isocyanates is 2. The van der Waals surface area contributed by atoms with Gasteiger partial charge in [-0.15, -0.1) is 11.3 Å². The molecule has 1 aromatic heterocycles. The molecular weight excluding hydrogens is 164 g/mol. The summed E-state index contributed by atoms with van der Waals surface area (Å²) >= 11 is 1.21. The molecule has 0 fully saturated rings. The Morgan fingerprint density at radius 3 is 2.64 bits per heavy atom. The third-order valence-corrected chi connectivity index (χ3v) is 1.71. The van der Waals surface area contributed by atoms with Gasteiger partial charge in [0.15, 0.2) is 0 Å². The molecule has 0 amide bonds. The molecule has 0 radical (unpaired) electrons. The fourth-order valence-corrected chi connectivity index (χ4v) is 1.17. The molecule has 1 heterocycles. The fraction of sp³-hybridized carbons (Fsp3) is 0. The minimum Gasteiger partial charge on any atom is -0.211 e. The van der Waals surface area contributed by atoms with E-state index in [-0.39, 0.29) is 0 Å². The van der Waals surface area contributed by atoms with Crippen LogP contribution in [0.5, 0.6) is 0 Å². The van der Waals surface area contributed by atoms with E-state index in [9.17, 15) is 9.59 Å². The number of thiophene rings is 1. The second kappa shape index (κ2) is 3.58. The predicted octanol–water partition coefficient (Wildman–Crippen LogP) is 1.68. The number of hydrogen-bond acceptors (Lipinski definition) is 5. The monoisotopic (exact) mass is 166 g/mol. The molecule has 0 saturated carbocycles. The van der Waals surface area contributed by atoms with Gasteiger partial charge in [-0.05, 0) is 0 Å². The maximum Gasteiger partial charge on any atom is 0.241 e. The van der Waals surface area contributed by atoms with Crippen molar-refractivity contribution in [3.8, 4) is 0 Å². The van der Waals surface area contributed by atoms with E-state index in [0.717, 1.165) is 0 Å². The summed E-state index contributed by atoms with van der Waals surface area (Å²) in [4.78, 5) is 26.2. The summed E-state index contributed by atoms with van der Waals surface area (Å²) in [6.45, 7) is 0. The molecule has 1 aromatic rings. The molecule has 11 heavy (non-hydrogen) atoms. The third kappa shape index (κ3) is 1.95. The largest absolute Gasteiger partial charge is 0.241 e. The van der Waals surface area contributed by atoms with Gasteiger partial charge in [0.2, 0.25) is 12.2 Å².